The van der Waals surface area contributed by atoms with Gasteiger partial charge in [-0.3, -0.25) is 0 Å². The van der Waals surface area contributed by atoms with Crippen LogP contribution in [0.2, 0.25) is 0 Å². The number of rotatable bonds is 1. The molecule has 0 aromatic heterocycles. The molecule has 1 fully saturated rings. The van der Waals surface area contributed by atoms with Crippen molar-refractivity contribution in [2.24, 2.45) is 0 Å². The monoisotopic (exact) mass is 258 g/mol. The van der Waals surface area contributed by atoms with E-state index in [0.29, 0.717) is 13.2 Å². The highest BCUT2D eigenvalue weighted by molar-refractivity contribution is 5.83. The molecule has 1 aliphatic heterocycles. The lowest BCUT2D eigenvalue weighted by atomic mass is 9.99. The van der Waals surface area contributed by atoms with Crippen molar-refractivity contribution in [2.45, 2.75) is 5.79 Å². The molecular formula is C16H20NO2+. The fraction of sp³-hybridized carbons (Fsp3) is 0.375. The molecule has 1 N–H and O–H groups in total. The minimum atomic E-state index is -1.17. The maximum Gasteiger partial charge on any atom is 0.243 e. The molecule has 1 atom stereocenters. The lowest BCUT2D eigenvalue weighted by molar-refractivity contribution is -0.912. The number of benzene rings is 2. The summed E-state index contributed by atoms with van der Waals surface area (Å²) in [6.07, 6.45) is 0. The smallest absolute Gasteiger partial charge is 0.243 e. The van der Waals surface area contributed by atoms with Crippen molar-refractivity contribution in [2.75, 3.05) is 33.8 Å². The second-order valence-electron chi connectivity index (χ2n) is 6.01. The summed E-state index contributed by atoms with van der Waals surface area (Å²) in [5, 5.41) is 13.1. The minimum Gasteiger partial charge on any atom is -0.357 e. The third-order valence-corrected chi connectivity index (χ3v) is 3.88. The Morgan fingerprint density at radius 1 is 1.11 bits per heavy atom. The number of nitrogens with zero attached hydrogens (tertiary/aromatic N) is 1. The molecule has 1 saturated heterocycles. The SMILES string of the molecule is C[N+]1(C)CCO[C@@](O)(c2ccc3ccccc3c2)C1. The van der Waals surface area contributed by atoms with E-state index in [2.05, 4.69) is 26.2 Å². The van der Waals surface area contributed by atoms with Gasteiger partial charge in [0.15, 0.2) is 0 Å². The van der Waals surface area contributed by atoms with E-state index in [4.69, 9.17) is 4.74 Å². The van der Waals surface area contributed by atoms with Gasteiger partial charge in [0.05, 0.1) is 20.7 Å². The van der Waals surface area contributed by atoms with E-state index in [1.807, 2.05) is 30.3 Å². The normalized spacial score (nSPS) is 26.5. The van der Waals surface area contributed by atoms with Gasteiger partial charge in [0.25, 0.3) is 0 Å². The molecule has 0 amide bonds. The molecule has 3 nitrogen and oxygen atoms in total. The molecule has 1 heterocycles. The maximum absolute atomic E-state index is 10.8. The lowest BCUT2D eigenvalue weighted by Gasteiger charge is -2.42. The van der Waals surface area contributed by atoms with Crippen LogP contribution in [0.3, 0.4) is 0 Å². The van der Waals surface area contributed by atoms with Gasteiger partial charge in [-0.1, -0.05) is 36.4 Å². The highest BCUT2D eigenvalue weighted by atomic mass is 16.6. The molecule has 0 unspecified atom stereocenters. The molecule has 2 aromatic rings. The fourth-order valence-electron chi connectivity index (χ4n) is 2.77. The van der Waals surface area contributed by atoms with Crippen molar-refractivity contribution in [3.8, 4) is 0 Å². The summed E-state index contributed by atoms with van der Waals surface area (Å²) >= 11 is 0. The third kappa shape index (κ3) is 2.37. The minimum absolute atomic E-state index is 0.575. The second-order valence-corrected chi connectivity index (χ2v) is 6.01. The summed E-state index contributed by atoms with van der Waals surface area (Å²) in [5.74, 6) is -1.17. The molecule has 3 rings (SSSR count). The van der Waals surface area contributed by atoms with Gasteiger partial charge in [-0.15, -0.1) is 0 Å². The van der Waals surface area contributed by atoms with Crippen LogP contribution in [0.25, 0.3) is 10.8 Å². The lowest BCUT2D eigenvalue weighted by Crippen LogP contribution is -2.57. The van der Waals surface area contributed by atoms with E-state index < -0.39 is 5.79 Å². The predicted molar refractivity (Wildman–Crippen MR) is 75.6 cm³/mol. The molecule has 19 heavy (non-hydrogen) atoms. The number of ether oxygens (including phenoxy) is 1. The largest absolute Gasteiger partial charge is 0.357 e. The predicted octanol–water partition coefficient (Wildman–Crippen LogP) is 2.09. The first-order valence-corrected chi connectivity index (χ1v) is 6.66. The molecule has 1 aliphatic rings. The van der Waals surface area contributed by atoms with E-state index in [0.717, 1.165) is 22.0 Å². The number of hydrogen-bond donors (Lipinski definition) is 1. The Balaban J connectivity index is 2.03. The van der Waals surface area contributed by atoms with Crippen LogP contribution in [-0.2, 0) is 10.5 Å². The number of morpholine rings is 1. The van der Waals surface area contributed by atoms with Crippen molar-refractivity contribution in [1.29, 1.82) is 0 Å². The Kier molecular flexibility index (Phi) is 2.86. The van der Waals surface area contributed by atoms with E-state index in [-0.39, 0.29) is 0 Å². The first-order valence-electron chi connectivity index (χ1n) is 6.66. The number of fused-ring (bicyclic) bond motifs is 1. The van der Waals surface area contributed by atoms with Gasteiger partial charge in [-0.05, 0) is 16.8 Å². The highest BCUT2D eigenvalue weighted by Gasteiger charge is 2.42. The van der Waals surface area contributed by atoms with Crippen molar-refractivity contribution in [3.05, 3.63) is 48.0 Å². The zero-order chi connectivity index (χ0) is 13.5. The van der Waals surface area contributed by atoms with E-state index in [1.165, 1.54) is 5.39 Å². The number of aliphatic hydroxyl groups is 1. The van der Waals surface area contributed by atoms with Crippen LogP contribution in [0.4, 0.5) is 0 Å². The third-order valence-electron chi connectivity index (χ3n) is 3.88. The summed E-state index contributed by atoms with van der Waals surface area (Å²) in [7, 11) is 4.24. The molecule has 0 spiro atoms. The Morgan fingerprint density at radius 2 is 1.84 bits per heavy atom. The maximum atomic E-state index is 10.8. The van der Waals surface area contributed by atoms with Crippen LogP contribution in [0.5, 0.6) is 0 Å². The van der Waals surface area contributed by atoms with Crippen LogP contribution in [0.1, 0.15) is 5.56 Å². The molecule has 0 aliphatic carbocycles. The Morgan fingerprint density at radius 3 is 2.58 bits per heavy atom. The van der Waals surface area contributed by atoms with Crippen molar-refractivity contribution in [1.82, 2.24) is 0 Å². The Bertz CT molecular complexity index is 608. The zero-order valence-electron chi connectivity index (χ0n) is 11.5. The van der Waals surface area contributed by atoms with Gasteiger partial charge in [0, 0.05) is 5.56 Å². The standard InChI is InChI=1S/C16H20NO2/c1-17(2)9-10-19-16(18,12-17)15-8-7-13-5-3-4-6-14(13)11-15/h3-8,11,18H,9-10,12H2,1-2H3/q+1/t16-/m1/s1. The molecular weight excluding hydrogens is 238 g/mol. The summed E-state index contributed by atoms with van der Waals surface area (Å²) in [6.45, 7) is 2.08. The van der Waals surface area contributed by atoms with E-state index in [9.17, 15) is 5.11 Å². The average molecular weight is 258 g/mol. The topological polar surface area (TPSA) is 29.5 Å². The van der Waals surface area contributed by atoms with Crippen molar-refractivity contribution in [3.63, 3.8) is 0 Å². The van der Waals surface area contributed by atoms with Crippen LogP contribution in [-0.4, -0.2) is 43.4 Å². The van der Waals surface area contributed by atoms with Gasteiger partial charge in [-0.2, -0.15) is 0 Å². The Hall–Kier alpha value is -1.42. The number of hydrogen-bond acceptors (Lipinski definition) is 2. The second kappa shape index (κ2) is 4.30. The Labute approximate surface area is 113 Å². The fourth-order valence-corrected chi connectivity index (χ4v) is 2.77. The van der Waals surface area contributed by atoms with Crippen molar-refractivity contribution >= 4 is 10.8 Å². The summed E-state index contributed by atoms with van der Waals surface area (Å²) < 4.78 is 6.44. The molecule has 100 valence electrons. The van der Waals surface area contributed by atoms with Gasteiger partial charge in [0.1, 0.15) is 13.1 Å². The molecule has 0 saturated carbocycles. The van der Waals surface area contributed by atoms with Crippen LogP contribution < -0.4 is 0 Å². The molecule has 2 aromatic carbocycles. The first kappa shape index (κ1) is 12.6. The van der Waals surface area contributed by atoms with Crippen LogP contribution in [0, 0.1) is 0 Å². The zero-order valence-corrected chi connectivity index (χ0v) is 11.5. The average Bonchev–Trinajstić information content (AvgIpc) is 2.36. The summed E-state index contributed by atoms with van der Waals surface area (Å²) in [6, 6.07) is 14.2. The summed E-state index contributed by atoms with van der Waals surface area (Å²) in [5.41, 5.74) is 0.845. The quantitative estimate of drug-likeness (QED) is 0.794. The summed E-state index contributed by atoms with van der Waals surface area (Å²) in [4.78, 5) is 0. The molecule has 0 bridgehead atoms. The van der Waals surface area contributed by atoms with Crippen LogP contribution in [0.15, 0.2) is 42.5 Å². The highest BCUT2D eigenvalue weighted by Crippen LogP contribution is 2.31. The molecule has 0 radical (unpaired) electrons. The van der Waals surface area contributed by atoms with E-state index >= 15 is 0 Å². The van der Waals surface area contributed by atoms with Gasteiger partial charge >= 0.3 is 0 Å². The molecule has 3 heteroatoms. The van der Waals surface area contributed by atoms with Crippen molar-refractivity contribution < 1.29 is 14.3 Å². The number of likely N-dealkylation sites (N-methyl/N-ethyl adjacent to an activating group) is 1. The first-order chi connectivity index (χ1) is 8.99. The number of quaternary nitrogens is 1. The van der Waals surface area contributed by atoms with Crippen LogP contribution >= 0.6 is 0 Å². The van der Waals surface area contributed by atoms with Gasteiger partial charge < -0.3 is 14.3 Å². The van der Waals surface area contributed by atoms with Gasteiger partial charge in [0.2, 0.25) is 5.79 Å². The van der Waals surface area contributed by atoms with Gasteiger partial charge in [-0.25, -0.2) is 0 Å². The van der Waals surface area contributed by atoms with E-state index in [1.54, 1.807) is 0 Å².